The molecule has 0 spiro atoms. The normalized spacial score (nSPS) is 23.7. The van der Waals surface area contributed by atoms with Crippen molar-refractivity contribution < 1.29 is 9.90 Å². The maximum absolute atomic E-state index is 11.0. The Labute approximate surface area is 111 Å². The second-order valence-electron chi connectivity index (χ2n) is 4.87. The second-order valence-corrected chi connectivity index (χ2v) is 5.27. The fraction of sp³-hybridized carbons (Fsp3) is 0.538. The van der Waals surface area contributed by atoms with E-state index in [9.17, 15) is 4.79 Å². The number of anilines is 1. The van der Waals surface area contributed by atoms with Crippen LogP contribution >= 0.6 is 11.6 Å². The quantitative estimate of drug-likeness (QED) is 0.882. The van der Waals surface area contributed by atoms with E-state index in [1.165, 1.54) is 31.5 Å². The van der Waals surface area contributed by atoms with Gasteiger partial charge in [0.25, 0.3) is 0 Å². The van der Waals surface area contributed by atoms with Crippen LogP contribution in [0.5, 0.6) is 0 Å². The number of carboxylic acids is 1. The lowest BCUT2D eigenvalue weighted by Gasteiger charge is -2.30. The summed E-state index contributed by atoms with van der Waals surface area (Å²) in [6, 6.07) is 1.88. The average Bonchev–Trinajstić information content (AvgIpc) is 2.34. The molecule has 18 heavy (non-hydrogen) atoms. The molecule has 0 bridgehead atoms. The van der Waals surface area contributed by atoms with Crippen molar-refractivity contribution in [3.05, 3.63) is 22.8 Å². The third kappa shape index (κ3) is 2.93. The van der Waals surface area contributed by atoms with E-state index in [-0.39, 0.29) is 10.6 Å². The molecule has 1 heterocycles. The molecule has 1 fully saturated rings. The number of rotatable bonds is 3. The summed E-state index contributed by atoms with van der Waals surface area (Å²) in [5.41, 5.74) is 0.0950. The summed E-state index contributed by atoms with van der Waals surface area (Å²) in [4.78, 5) is 15.1. The molecule has 0 saturated heterocycles. The van der Waals surface area contributed by atoms with Gasteiger partial charge in [-0.05, 0) is 24.8 Å². The zero-order valence-corrected chi connectivity index (χ0v) is 11.1. The number of carboxylic acid groups (broad SMARTS) is 1. The number of halogens is 1. The highest BCUT2D eigenvalue weighted by molar-refractivity contribution is 6.33. The monoisotopic (exact) mass is 268 g/mol. The lowest BCUT2D eigenvalue weighted by Crippen LogP contribution is -2.30. The first-order valence-corrected chi connectivity index (χ1v) is 6.61. The summed E-state index contributed by atoms with van der Waals surface area (Å²) in [6.07, 6.45) is 6.18. The molecule has 2 unspecified atom stereocenters. The van der Waals surface area contributed by atoms with Crippen molar-refractivity contribution in [2.24, 2.45) is 5.92 Å². The Balaban J connectivity index is 2.14. The number of hydrogen-bond donors (Lipinski definition) is 2. The van der Waals surface area contributed by atoms with Gasteiger partial charge in [-0.2, -0.15) is 0 Å². The van der Waals surface area contributed by atoms with Gasteiger partial charge in [-0.15, -0.1) is 0 Å². The fourth-order valence-electron chi connectivity index (χ4n) is 2.40. The van der Waals surface area contributed by atoms with Gasteiger partial charge in [-0.25, -0.2) is 9.78 Å². The van der Waals surface area contributed by atoms with Crippen LogP contribution in [-0.2, 0) is 0 Å². The van der Waals surface area contributed by atoms with Gasteiger partial charge in [0.15, 0.2) is 0 Å². The molecule has 2 rings (SSSR count). The molecular formula is C13H17ClN2O2. The number of aromatic carboxylic acids is 1. The number of carbonyl (C=O) groups is 1. The van der Waals surface area contributed by atoms with Crippen LogP contribution < -0.4 is 5.32 Å². The molecule has 98 valence electrons. The molecule has 0 amide bonds. The van der Waals surface area contributed by atoms with Crippen molar-refractivity contribution >= 4 is 23.4 Å². The second kappa shape index (κ2) is 5.57. The lowest BCUT2D eigenvalue weighted by molar-refractivity contribution is 0.0697. The Morgan fingerprint density at radius 1 is 1.50 bits per heavy atom. The molecule has 0 aliphatic heterocycles. The van der Waals surface area contributed by atoms with Crippen LogP contribution in [0.4, 0.5) is 5.82 Å². The number of pyridine rings is 1. The van der Waals surface area contributed by atoms with Gasteiger partial charge in [0.1, 0.15) is 5.82 Å². The summed E-state index contributed by atoms with van der Waals surface area (Å²) in [6.45, 7) is 2.21. The van der Waals surface area contributed by atoms with Crippen LogP contribution in [0.2, 0.25) is 5.02 Å². The van der Waals surface area contributed by atoms with Crippen LogP contribution in [0.15, 0.2) is 12.3 Å². The standard InChI is InChI=1S/C13H17ClN2O2/c1-8-4-2-3-5-11(8)16-12-6-9(13(17)18)10(14)7-15-12/h6-8,11H,2-5H2,1H3,(H,15,16)(H,17,18). The third-order valence-electron chi connectivity index (χ3n) is 3.53. The first-order chi connectivity index (χ1) is 8.58. The van der Waals surface area contributed by atoms with Crippen LogP contribution in [-0.4, -0.2) is 22.1 Å². The van der Waals surface area contributed by atoms with Gasteiger partial charge in [0, 0.05) is 12.2 Å². The SMILES string of the molecule is CC1CCCCC1Nc1cc(C(=O)O)c(Cl)cn1. The minimum Gasteiger partial charge on any atom is -0.478 e. The van der Waals surface area contributed by atoms with E-state index in [0.29, 0.717) is 17.8 Å². The molecular weight excluding hydrogens is 252 g/mol. The highest BCUT2D eigenvalue weighted by Crippen LogP contribution is 2.27. The first kappa shape index (κ1) is 13.1. The fourth-order valence-corrected chi connectivity index (χ4v) is 2.59. The molecule has 1 aromatic rings. The van der Waals surface area contributed by atoms with Gasteiger partial charge >= 0.3 is 5.97 Å². The van der Waals surface area contributed by atoms with Crippen molar-refractivity contribution in [2.75, 3.05) is 5.32 Å². The van der Waals surface area contributed by atoms with Crippen molar-refractivity contribution in [2.45, 2.75) is 38.6 Å². The highest BCUT2D eigenvalue weighted by Gasteiger charge is 2.22. The maximum Gasteiger partial charge on any atom is 0.337 e. The Kier molecular flexibility index (Phi) is 4.07. The molecule has 1 saturated carbocycles. The Morgan fingerprint density at radius 3 is 2.89 bits per heavy atom. The highest BCUT2D eigenvalue weighted by atomic mass is 35.5. The van der Waals surface area contributed by atoms with Gasteiger partial charge in [-0.1, -0.05) is 31.4 Å². The van der Waals surface area contributed by atoms with E-state index in [4.69, 9.17) is 16.7 Å². The molecule has 5 heteroatoms. The van der Waals surface area contributed by atoms with Gasteiger partial charge in [0.2, 0.25) is 0 Å². The summed E-state index contributed by atoms with van der Waals surface area (Å²) in [5, 5.41) is 12.5. The molecule has 4 nitrogen and oxygen atoms in total. The van der Waals surface area contributed by atoms with Crippen LogP contribution in [0.1, 0.15) is 43.0 Å². The number of nitrogens with zero attached hydrogens (tertiary/aromatic N) is 1. The van der Waals surface area contributed by atoms with E-state index in [0.717, 1.165) is 6.42 Å². The summed E-state index contributed by atoms with van der Waals surface area (Å²) < 4.78 is 0. The third-order valence-corrected chi connectivity index (χ3v) is 3.83. The molecule has 1 aliphatic carbocycles. The van der Waals surface area contributed by atoms with Crippen molar-refractivity contribution in [3.8, 4) is 0 Å². The molecule has 2 atom stereocenters. The largest absolute Gasteiger partial charge is 0.478 e. The topological polar surface area (TPSA) is 62.2 Å². The van der Waals surface area contributed by atoms with E-state index in [1.54, 1.807) is 0 Å². The van der Waals surface area contributed by atoms with Crippen molar-refractivity contribution in [3.63, 3.8) is 0 Å². The summed E-state index contributed by atoms with van der Waals surface area (Å²) >= 11 is 5.79. The van der Waals surface area contributed by atoms with Crippen LogP contribution in [0.3, 0.4) is 0 Å². The van der Waals surface area contributed by atoms with E-state index in [1.807, 2.05) is 0 Å². The predicted molar refractivity (Wildman–Crippen MR) is 71.2 cm³/mol. The Bertz CT molecular complexity index is 451. The molecule has 1 aliphatic rings. The number of aromatic nitrogens is 1. The van der Waals surface area contributed by atoms with Gasteiger partial charge in [-0.3, -0.25) is 0 Å². The smallest absolute Gasteiger partial charge is 0.337 e. The molecule has 1 aromatic heterocycles. The number of nitrogens with one attached hydrogen (secondary N) is 1. The Morgan fingerprint density at radius 2 is 2.22 bits per heavy atom. The summed E-state index contributed by atoms with van der Waals surface area (Å²) in [7, 11) is 0. The zero-order valence-electron chi connectivity index (χ0n) is 10.3. The van der Waals surface area contributed by atoms with Crippen molar-refractivity contribution in [1.82, 2.24) is 4.98 Å². The molecule has 2 N–H and O–H groups in total. The average molecular weight is 269 g/mol. The lowest BCUT2D eigenvalue weighted by atomic mass is 9.86. The first-order valence-electron chi connectivity index (χ1n) is 6.23. The number of hydrogen-bond acceptors (Lipinski definition) is 3. The van der Waals surface area contributed by atoms with E-state index in [2.05, 4.69) is 17.2 Å². The van der Waals surface area contributed by atoms with E-state index >= 15 is 0 Å². The molecule has 0 radical (unpaired) electrons. The van der Waals surface area contributed by atoms with E-state index < -0.39 is 5.97 Å². The summed E-state index contributed by atoms with van der Waals surface area (Å²) in [5.74, 6) is 0.155. The van der Waals surface area contributed by atoms with Gasteiger partial charge in [0.05, 0.1) is 10.6 Å². The zero-order chi connectivity index (χ0) is 13.1. The van der Waals surface area contributed by atoms with Crippen LogP contribution in [0.25, 0.3) is 0 Å². The predicted octanol–water partition coefficient (Wildman–Crippen LogP) is 3.42. The van der Waals surface area contributed by atoms with Crippen molar-refractivity contribution in [1.29, 1.82) is 0 Å². The Hall–Kier alpha value is -1.29. The minimum absolute atomic E-state index is 0.0950. The van der Waals surface area contributed by atoms with Gasteiger partial charge < -0.3 is 10.4 Å². The maximum atomic E-state index is 11.0. The van der Waals surface area contributed by atoms with Crippen LogP contribution in [0, 0.1) is 5.92 Å². The molecule has 0 aromatic carbocycles. The minimum atomic E-state index is -1.03.